The number of aldehydes is 1. The van der Waals surface area contributed by atoms with Gasteiger partial charge < -0.3 is 4.79 Å². The Labute approximate surface area is 97.0 Å². The first kappa shape index (κ1) is 10.3. The number of carbonyl (C=O) groups excluding carboxylic acids is 1. The van der Waals surface area contributed by atoms with Crippen LogP contribution in [0.15, 0.2) is 18.2 Å². The Hall–Kier alpha value is -0.240. The van der Waals surface area contributed by atoms with Crippen LogP contribution in [0.2, 0.25) is 10.0 Å². The van der Waals surface area contributed by atoms with Crippen molar-refractivity contribution in [1.29, 1.82) is 0 Å². The highest BCUT2D eigenvalue weighted by Gasteiger charge is 2.49. The third-order valence-electron chi connectivity index (χ3n) is 2.47. The Kier molecular flexibility index (Phi) is 2.74. The molecule has 2 rings (SSSR count). The maximum Gasteiger partial charge on any atom is 0.125 e. The van der Waals surface area contributed by atoms with Gasteiger partial charge in [0.25, 0.3) is 0 Å². The Morgan fingerprint density at radius 3 is 2.43 bits per heavy atom. The molecule has 0 unspecified atom stereocenters. The van der Waals surface area contributed by atoms with Crippen molar-refractivity contribution in [1.82, 2.24) is 0 Å². The number of benzene rings is 1. The summed E-state index contributed by atoms with van der Waals surface area (Å²) < 4.78 is 0. The average molecular weight is 250 g/mol. The number of halogens is 3. The lowest BCUT2D eigenvalue weighted by atomic mass is 10.1. The maximum absolute atomic E-state index is 10.6. The lowest BCUT2D eigenvalue weighted by molar-refractivity contribution is -0.108. The van der Waals surface area contributed by atoms with Gasteiger partial charge in [-0.15, -0.1) is 11.6 Å². The van der Waals surface area contributed by atoms with Crippen LogP contribution in [0.1, 0.15) is 11.5 Å². The van der Waals surface area contributed by atoms with Gasteiger partial charge in [-0.05, 0) is 17.7 Å². The molecule has 0 saturated heterocycles. The summed E-state index contributed by atoms with van der Waals surface area (Å²) >= 11 is 17.6. The van der Waals surface area contributed by atoms with Gasteiger partial charge in [-0.2, -0.15) is 0 Å². The number of hydrogen-bond acceptors (Lipinski definition) is 1. The molecule has 14 heavy (non-hydrogen) atoms. The predicted octanol–water partition coefficient (Wildman–Crippen LogP) is 3.51. The Morgan fingerprint density at radius 2 is 1.93 bits per heavy atom. The van der Waals surface area contributed by atoms with E-state index in [9.17, 15) is 4.79 Å². The lowest BCUT2D eigenvalue weighted by Crippen LogP contribution is -1.84. The van der Waals surface area contributed by atoms with Crippen LogP contribution in [-0.4, -0.2) is 11.7 Å². The largest absolute Gasteiger partial charge is 0.303 e. The topological polar surface area (TPSA) is 17.1 Å². The van der Waals surface area contributed by atoms with Crippen molar-refractivity contribution in [3.63, 3.8) is 0 Å². The van der Waals surface area contributed by atoms with Gasteiger partial charge >= 0.3 is 0 Å². The minimum Gasteiger partial charge on any atom is -0.303 e. The Balaban J connectivity index is 2.27. The first-order valence-corrected chi connectivity index (χ1v) is 5.38. The fraction of sp³-hybridized carbons (Fsp3) is 0.300. The standard InChI is InChI=1S/C10H7Cl3O/c11-7-2-1-5(3-8(7)12)9-6(4-14)10(9)13/h1-4,6,9-10H/t6-,9-,10-/m1/s1. The van der Waals surface area contributed by atoms with Gasteiger partial charge in [0.1, 0.15) is 6.29 Å². The van der Waals surface area contributed by atoms with E-state index in [1.807, 2.05) is 6.07 Å². The summed E-state index contributed by atoms with van der Waals surface area (Å²) in [5, 5.41) is 0.930. The molecule has 0 heterocycles. The quantitative estimate of drug-likeness (QED) is 0.579. The molecule has 0 spiro atoms. The lowest BCUT2D eigenvalue weighted by Gasteiger charge is -2.00. The third-order valence-corrected chi connectivity index (χ3v) is 3.77. The molecule has 1 saturated carbocycles. The van der Waals surface area contributed by atoms with Crippen molar-refractivity contribution in [3.8, 4) is 0 Å². The van der Waals surface area contributed by atoms with Gasteiger partial charge in [0.2, 0.25) is 0 Å². The first-order chi connectivity index (χ1) is 6.65. The summed E-state index contributed by atoms with van der Waals surface area (Å²) in [6.45, 7) is 0. The second-order valence-corrected chi connectivity index (χ2v) is 4.68. The van der Waals surface area contributed by atoms with Crippen LogP contribution in [-0.2, 0) is 4.79 Å². The number of alkyl halides is 1. The molecule has 0 amide bonds. The average Bonchev–Trinajstić information content (AvgIpc) is 2.81. The van der Waals surface area contributed by atoms with E-state index in [1.54, 1.807) is 12.1 Å². The van der Waals surface area contributed by atoms with E-state index in [0.717, 1.165) is 11.8 Å². The molecule has 0 N–H and O–H groups in total. The molecule has 0 aliphatic heterocycles. The summed E-state index contributed by atoms with van der Waals surface area (Å²) in [5.41, 5.74) is 0.983. The molecule has 1 fully saturated rings. The van der Waals surface area contributed by atoms with Crippen LogP contribution in [0.4, 0.5) is 0 Å². The summed E-state index contributed by atoms with van der Waals surface area (Å²) in [6, 6.07) is 5.36. The molecule has 0 radical (unpaired) electrons. The molecular formula is C10H7Cl3O. The molecular weight excluding hydrogens is 242 g/mol. The minimum atomic E-state index is -0.0928. The van der Waals surface area contributed by atoms with Crippen LogP contribution in [0.25, 0.3) is 0 Å². The molecule has 1 aliphatic rings. The maximum atomic E-state index is 10.6. The first-order valence-electron chi connectivity index (χ1n) is 4.19. The second-order valence-electron chi connectivity index (χ2n) is 3.36. The molecule has 3 atom stereocenters. The Morgan fingerprint density at radius 1 is 1.21 bits per heavy atom. The van der Waals surface area contributed by atoms with Crippen LogP contribution in [0, 0.1) is 5.92 Å². The second kappa shape index (κ2) is 3.73. The van der Waals surface area contributed by atoms with Gasteiger partial charge in [0.05, 0.1) is 15.4 Å². The van der Waals surface area contributed by atoms with Crippen molar-refractivity contribution in [2.75, 3.05) is 0 Å². The van der Waals surface area contributed by atoms with Crippen molar-refractivity contribution < 1.29 is 4.79 Å². The van der Waals surface area contributed by atoms with E-state index in [1.165, 1.54) is 0 Å². The zero-order valence-electron chi connectivity index (χ0n) is 7.08. The van der Waals surface area contributed by atoms with Crippen LogP contribution in [0.5, 0.6) is 0 Å². The summed E-state index contributed by atoms with van der Waals surface area (Å²) in [6.07, 6.45) is 0.894. The summed E-state index contributed by atoms with van der Waals surface area (Å²) in [5.74, 6) is 0.0258. The highest BCUT2D eigenvalue weighted by Crippen LogP contribution is 2.51. The molecule has 1 aliphatic carbocycles. The van der Waals surface area contributed by atoms with Crippen molar-refractivity contribution in [2.24, 2.45) is 5.92 Å². The van der Waals surface area contributed by atoms with Crippen molar-refractivity contribution in [3.05, 3.63) is 33.8 Å². The molecule has 0 bridgehead atoms. The van der Waals surface area contributed by atoms with E-state index in [-0.39, 0.29) is 17.2 Å². The van der Waals surface area contributed by atoms with Gasteiger partial charge in [-0.25, -0.2) is 0 Å². The van der Waals surface area contributed by atoms with Crippen molar-refractivity contribution in [2.45, 2.75) is 11.3 Å². The zero-order valence-corrected chi connectivity index (χ0v) is 9.35. The molecule has 1 nitrogen and oxygen atoms in total. The van der Waals surface area contributed by atoms with E-state index in [0.29, 0.717) is 10.0 Å². The smallest absolute Gasteiger partial charge is 0.125 e. The zero-order chi connectivity index (χ0) is 10.3. The fourth-order valence-electron chi connectivity index (χ4n) is 1.58. The van der Waals surface area contributed by atoms with E-state index in [4.69, 9.17) is 34.8 Å². The van der Waals surface area contributed by atoms with E-state index < -0.39 is 0 Å². The molecule has 1 aromatic rings. The highest BCUT2D eigenvalue weighted by atomic mass is 35.5. The number of rotatable bonds is 2. The molecule has 4 heteroatoms. The van der Waals surface area contributed by atoms with Gasteiger partial charge in [0.15, 0.2) is 0 Å². The van der Waals surface area contributed by atoms with Crippen molar-refractivity contribution >= 4 is 41.1 Å². The molecule has 74 valence electrons. The van der Waals surface area contributed by atoms with E-state index >= 15 is 0 Å². The normalized spacial score (nSPS) is 30.1. The van der Waals surface area contributed by atoms with E-state index in [2.05, 4.69) is 0 Å². The summed E-state index contributed by atoms with van der Waals surface area (Å²) in [4.78, 5) is 10.6. The van der Waals surface area contributed by atoms with Crippen LogP contribution < -0.4 is 0 Å². The van der Waals surface area contributed by atoms with Gasteiger partial charge in [-0.3, -0.25) is 0 Å². The fourth-order valence-corrected chi connectivity index (χ4v) is 2.33. The number of carbonyl (C=O) groups is 1. The predicted molar refractivity (Wildman–Crippen MR) is 58.4 cm³/mol. The van der Waals surface area contributed by atoms with Gasteiger partial charge in [0, 0.05) is 11.8 Å². The third kappa shape index (κ3) is 1.65. The summed E-state index contributed by atoms with van der Waals surface area (Å²) in [7, 11) is 0. The monoisotopic (exact) mass is 248 g/mol. The van der Waals surface area contributed by atoms with Gasteiger partial charge in [-0.1, -0.05) is 29.3 Å². The molecule has 1 aromatic carbocycles. The number of hydrogen-bond donors (Lipinski definition) is 0. The highest BCUT2D eigenvalue weighted by molar-refractivity contribution is 6.42. The SMILES string of the molecule is O=C[C@H]1[C@@H](Cl)[C@@H]1c1ccc(Cl)c(Cl)c1. The van der Waals surface area contributed by atoms with Crippen LogP contribution in [0.3, 0.4) is 0 Å². The minimum absolute atomic E-state index is 0.0751. The molecule has 0 aromatic heterocycles. The Bertz CT molecular complexity index is 378. The van der Waals surface area contributed by atoms with Crippen LogP contribution >= 0.6 is 34.8 Å².